The van der Waals surface area contributed by atoms with E-state index in [1.807, 2.05) is 0 Å². The average molecular weight is 423 g/mol. The number of aryl methyl sites for hydroxylation is 3. The normalized spacial score (nSPS) is 18.0. The largest absolute Gasteiger partial charge is 0.309 e. The van der Waals surface area contributed by atoms with Crippen molar-refractivity contribution in [1.29, 1.82) is 0 Å². The Hall–Kier alpha value is -2.02. The molecule has 30 heavy (non-hydrogen) atoms. The van der Waals surface area contributed by atoms with Gasteiger partial charge in [-0.25, -0.2) is 4.98 Å². The highest BCUT2D eigenvalue weighted by Crippen LogP contribution is 2.33. The number of nitrogens with zero attached hydrogens (tertiary/aromatic N) is 3. The molecule has 5 nitrogen and oxygen atoms in total. The molecule has 2 aromatic heterocycles. The SMILES string of the molecule is O=c1[nH]c(CN2CCN(CCCc3ccccc3)CC2)nc2sc3c(c12)CCCC3. The second-order valence-electron chi connectivity index (χ2n) is 8.61. The molecule has 3 aromatic rings. The van der Waals surface area contributed by atoms with E-state index in [0.717, 1.165) is 74.6 Å². The van der Waals surface area contributed by atoms with Crippen LogP contribution in [0.25, 0.3) is 10.2 Å². The molecule has 0 saturated carbocycles. The summed E-state index contributed by atoms with van der Waals surface area (Å²) in [5, 5.41) is 0.863. The topological polar surface area (TPSA) is 52.2 Å². The predicted molar refractivity (Wildman–Crippen MR) is 123 cm³/mol. The van der Waals surface area contributed by atoms with Crippen LogP contribution in [0.5, 0.6) is 0 Å². The van der Waals surface area contributed by atoms with Crippen LogP contribution in [-0.4, -0.2) is 52.5 Å². The molecule has 0 bridgehead atoms. The fourth-order valence-corrected chi connectivity index (χ4v) is 6.10. The number of aromatic amines is 1. The maximum absolute atomic E-state index is 12.7. The van der Waals surface area contributed by atoms with Crippen LogP contribution in [0.2, 0.25) is 0 Å². The highest BCUT2D eigenvalue weighted by atomic mass is 32.1. The molecule has 1 aliphatic heterocycles. The van der Waals surface area contributed by atoms with Gasteiger partial charge in [0.05, 0.1) is 11.9 Å². The second kappa shape index (κ2) is 9.00. The van der Waals surface area contributed by atoms with E-state index < -0.39 is 0 Å². The zero-order valence-corrected chi connectivity index (χ0v) is 18.3. The third kappa shape index (κ3) is 4.36. The summed E-state index contributed by atoms with van der Waals surface area (Å²) >= 11 is 1.74. The van der Waals surface area contributed by atoms with E-state index in [9.17, 15) is 4.79 Å². The Bertz CT molecular complexity index is 1050. The number of rotatable bonds is 6. The molecule has 6 heteroatoms. The molecule has 2 aliphatic rings. The lowest BCUT2D eigenvalue weighted by Crippen LogP contribution is -2.46. The van der Waals surface area contributed by atoms with E-state index in [0.29, 0.717) is 0 Å². The van der Waals surface area contributed by atoms with E-state index in [4.69, 9.17) is 4.98 Å². The van der Waals surface area contributed by atoms with Crippen LogP contribution in [0.1, 0.15) is 41.1 Å². The first-order chi connectivity index (χ1) is 14.8. The molecule has 1 aromatic carbocycles. The predicted octanol–water partition coefficient (Wildman–Crippen LogP) is 3.61. The lowest BCUT2D eigenvalue weighted by molar-refractivity contribution is 0.124. The maximum atomic E-state index is 12.7. The van der Waals surface area contributed by atoms with Crippen LogP contribution in [0.3, 0.4) is 0 Å². The van der Waals surface area contributed by atoms with E-state index in [2.05, 4.69) is 45.1 Å². The first-order valence-corrected chi connectivity index (χ1v) is 12.1. The van der Waals surface area contributed by atoms with Gasteiger partial charge in [0.15, 0.2) is 0 Å². The average Bonchev–Trinajstić information content (AvgIpc) is 3.14. The summed E-state index contributed by atoms with van der Waals surface area (Å²) in [7, 11) is 0. The molecule has 0 spiro atoms. The van der Waals surface area contributed by atoms with Gasteiger partial charge in [-0.1, -0.05) is 30.3 Å². The molecule has 0 amide bonds. The minimum absolute atomic E-state index is 0.0638. The van der Waals surface area contributed by atoms with Gasteiger partial charge < -0.3 is 9.88 Å². The van der Waals surface area contributed by atoms with Crippen molar-refractivity contribution in [2.24, 2.45) is 0 Å². The van der Waals surface area contributed by atoms with E-state index in [1.165, 1.54) is 35.3 Å². The molecule has 1 aliphatic carbocycles. The van der Waals surface area contributed by atoms with E-state index in [1.54, 1.807) is 11.3 Å². The molecule has 0 unspecified atom stereocenters. The first kappa shape index (κ1) is 19.9. The third-order valence-corrected chi connectivity index (χ3v) is 7.68. The minimum Gasteiger partial charge on any atom is -0.309 e. The van der Waals surface area contributed by atoms with E-state index >= 15 is 0 Å². The summed E-state index contributed by atoms with van der Waals surface area (Å²) in [6.45, 7) is 6.15. The summed E-state index contributed by atoms with van der Waals surface area (Å²) < 4.78 is 0. The molecule has 3 heterocycles. The van der Waals surface area contributed by atoms with Crippen molar-refractivity contribution < 1.29 is 0 Å². The summed E-state index contributed by atoms with van der Waals surface area (Å²) in [5.74, 6) is 0.823. The number of benzene rings is 1. The van der Waals surface area contributed by atoms with Crippen LogP contribution in [0.4, 0.5) is 0 Å². The van der Waals surface area contributed by atoms with Gasteiger partial charge in [-0.05, 0) is 56.2 Å². The van der Waals surface area contributed by atoms with Crippen LogP contribution in [-0.2, 0) is 25.8 Å². The fraction of sp³-hybridized carbons (Fsp3) is 0.500. The van der Waals surface area contributed by atoms with Crippen molar-refractivity contribution in [3.8, 4) is 0 Å². The molecule has 1 N–H and O–H groups in total. The Morgan fingerprint density at radius 3 is 2.60 bits per heavy atom. The second-order valence-corrected chi connectivity index (χ2v) is 9.69. The monoisotopic (exact) mass is 422 g/mol. The highest BCUT2D eigenvalue weighted by molar-refractivity contribution is 7.18. The van der Waals surface area contributed by atoms with Crippen molar-refractivity contribution in [2.45, 2.75) is 45.1 Å². The van der Waals surface area contributed by atoms with Crippen LogP contribution < -0.4 is 5.56 Å². The Morgan fingerprint density at radius 2 is 1.77 bits per heavy atom. The number of piperazine rings is 1. The standard InChI is InChI=1S/C24H30N4OS/c29-23-22-19-10-4-5-11-20(19)30-24(22)26-21(25-23)17-28-15-13-27(14-16-28)12-6-9-18-7-2-1-3-8-18/h1-3,7-8H,4-6,9-17H2,(H,25,26,29). The molecular weight excluding hydrogens is 392 g/mol. The lowest BCUT2D eigenvalue weighted by atomic mass is 9.97. The molecule has 0 atom stereocenters. The lowest BCUT2D eigenvalue weighted by Gasteiger charge is -2.34. The molecule has 1 saturated heterocycles. The van der Waals surface area contributed by atoms with Crippen LogP contribution >= 0.6 is 11.3 Å². The van der Waals surface area contributed by atoms with Gasteiger partial charge in [-0.15, -0.1) is 11.3 Å². The van der Waals surface area contributed by atoms with Gasteiger partial charge >= 0.3 is 0 Å². The molecular formula is C24H30N4OS. The Balaban J connectivity index is 1.16. The molecule has 5 rings (SSSR count). The van der Waals surface area contributed by atoms with Crippen molar-refractivity contribution in [2.75, 3.05) is 32.7 Å². The quantitative estimate of drug-likeness (QED) is 0.659. The van der Waals surface area contributed by atoms with Crippen molar-refractivity contribution >= 4 is 21.6 Å². The summed E-state index contributed by atoms with van der Waals surface area (Å²) in [6, 6.07) is 10.7. The summed E-state index contributed by atoms with van der Waals surface area (Å²) in [5.41, 5.74) is 2.76. The molecule has 158 valence electrons. The summed E-state index contributed by atoms with van der Waals surface area (Å²) in [4.78, 5) is 28.0. The number of fused-ring (bicyclic) bond motifs is 3. The maximum Gasteiger partial charge on any atom is 0.259 e. The van der Waals surface area contributed by atoms with Crippen LogP contribution in [0, 0.1) is 0 Å². The number of aromatic nitrogens is 2. The zero-order chi connectivity index (χ0) is 20.3. The Labute approximate surface area is 181 Å². The van der Waals surface area contributed by atoms with Crippen molar-refractivity contribution in [1.82, 2.24) is 19.8 Å². The van der Waals surface area contributed by atoms with Gasteiger partial charge in [0.25, 0.3) is 5.56 Å². The van der Waals surface area contributed by atoms with Gasteiger partial charge in [-0.3, -0.25) is 9.69 Å². The molecule has 0 radical (unpaired) electrons. The zero-order valence-electron chi connectivity index (χ0n) is 17.5. The van der Waals surface area contributed by atoms with Gasteiger partial charge in [-0.2, -0.15) is 0 Å². The van der Waals surface area contributed by atoms with Gasteiger partial charge in [0, 0.05) is 31.1 Å². The third-order valence-electron chi connectivity index (χ3n) is 6.50. The van der Waals surface area contributed by atoms with E-state index in [-0.39, 0.29) is 5.56 Å². The Morgan fingerprint density at radius 1 is 1.00 bits per heavy atom. The van der Waals surface area contributed by atoms with Gasteiger partial charge in [0.2, 0.25) is 0 Å². The van der Waals surface area contributed by atoms with Gasteiger partial charge in [0.1, 0.15) is 10.7 Å². The first-order valence-electron chi connectivity index (χ1n) is 11.3. The van der Waals surface area contributed by atoms with Crippen LogP contribution in [0.15, 0.2) is 35.1 Å². The number of hydrogen-bond acceptors (Lipinski definition) is 5. The Kier molecular flexibility index (Phi) is 5.97. The molecule has 1 fully saturated rings. The van der Waals surface area contributed by atoms with Crippen molar-refractivity contribution in [3.63, 3.8) is 0 Å². The number of H-pyrrole nitrogens is 1. The fourth-order valence-electron chi connectivity index (χ4n) is 4.82. The number of nitrogens with one attached hydrogen (secondary N) is 1. The summed E-state index contributed by atoms with van der Waals surface area (Å²) in [6.07, 6.45) is 6.93. The van der Waals surface area contributed by atoms with Crippen molar-refractivity contribution in [3.05, 3.63) is 62.5 Å². The minimum atomic E-state index is 0.0638. The number of thiophene rings is 1. The highest BCUT2D eigenvalue weighted by Gasteiger charge is 2.21. The number of hydrogen-bond donors (Lipinski definition) is 1. The smallest absolute Gasteiger partial charge is 0.259 e.